The van der Waals surface area contributed by atoms with Gasteiger partial charge in [-0.1, -0.05) is 79.0 Å². The number of para-hydroxylation sites is 1. The lowest BCUT2D eigenvalue weighted by Crippen LogP contribution is -2.52. The zero-order chi connectivity index (χ0) is 28.6. The number of rotatable bonds is 12. The number of halogens is 2. The smallest absolute Gasteiger partial charge is 0.264 e. The largest absolute Gasteiger partial charge is 0.354 e. The number of nitrogens with zero attached hydrogens (tertiary/aromatic N) is 2. The van der Waals surface area contributed by atoms with E-state index in [0.29, 0.717) is 34.3 Å². The van der Waals surface area contributed by atoms with Gasteiger partial charge in [-0.25, -0.2) is 8.42 Å². The molecule has 0 saturated carbocycles. The first kappa shape index (κ1) is 30.5. The summed E-state index contributed by atoms with van der Waals surface area (Å²) in [6.45, 7) is 5.44. The second kappa shape index (κ2) is 13.8. The summed E-state index contributed by atoms with van der Waals surface area (Å²) in [5.41, 5.74) is 1.71. The maximum Gasteiger partial charge on any atom is 0.264 e. The molecule has 0 unspecified atom stereocenters. The molecule has 0 aliphatic carbocycles. The van der Waals surface area contributed by atoms with Crippen LogP contribution in [0.25, 0.3) is 0 Å². The molecule has 39 heavy (non-hydrogen) atoms. The first-order chi connectivity index (χ1) is 18.6. The first-order valence-corrected chi connectivity index (χ1v) is 14.9. The Morgan fingerprint density at radius 1 is 0.897 bits per heavy atom. The van der Waals surface area contributed by atoms with Crippen molar-refractivity contribution in [2.24, 2.45) is 0 Å². The summed E-state index contributed by atoms with van der Waals surface area (Å²) in [5.74, 6) is -0.896. The molecule has 0 saturated heterocycles. The molecule has 0 heterocycles. The third-order valence-electron chi connectivity index (χ3n) is 6.26. The highest BCUT2D eigenvalue weighted by Crippen LogP contribution is 2.28. The number of benzene rings is 3. The van der Waals surface area contributed by atoms with Crippen LogP contribution in [0.1, 0.15) is 37.8 Å². The minimum absolute atomic E-state index is 0.0539. The van der Waals surface area contributed by atoms with Gasteiger partial charge in [0.05, 0.1) is 10.6 Å². The first-order valence-electron chi connectivity index (χ1n) is 12.7. The molecule has 10 heteroatoms. The Bertz CT molecular complexity index is 1360. The lowest BCUT2D eigenvalue weighted by atomic mass is 10.1. The van der Waals surface area contributed by atoms with E-state index < -0.39 is 28.5 Å². The predicted octanol–water partition coefficient (Wildman–Crippen LogP) is 5.83. The van der Waals surface area contributed by atoms with E-state index in [9.17, 15) is 18.0 Å². The maximum atomic E-state index is 14.0. The van der Waals surface area contributed by atoms with Gasteiger partial charge in [0, 0.05) is 28.7 Å². The fourth-order valence-electron chi connectivity index (χ4n) is 4.10. The Balaban J connectivity index is 2.06. The van der Waals surface area contributed by atoms with Crippen molar-refractivity contribution in [2.75, 3.05) is 17.4 Å². The van der Waals surface area contributed by atoms with E-state index in [1.807, 2.05) is 13.8 Å². The van der Waals surface area contributed by atoms with Gasteiger partial charge in [0.2, 0.25) is 11.8 Å². The van der Waals surface area contributed by atoms with Crippen LogP contribution in [-0.4, -0.2) is 44.3 Å². The third kappa shape index (κ3) is 7.53. The number of anilines is 1. The van der Waals surface area contributed by atoms with Crippen molar-refractivity contribution in [3.8, 4) is 0 Å². The SMILES string of the molecule is CCCNC(=O)[C@H](CC)N(Cc1c(Cl)cccc1Cl)C(=O)CN(c1ccccc1)S(=O)(=O)c1ccc(C)cc1. The average Bonchev–Trinajstić information content (AvgIpc) is 2.92. The number of hydrogen-bond donors (Lipinski definition) is 1. The normalized spacial score (nSPS) is 12.0. The fourth-order valence-corrected chi connectivity index (χ4v) is 6.03. The van der Waals surface area contributed by atoms with Crippen LogP contribution in [0, 0.1) is 6.92 Å². The molecule has 2 amide bonds. The summed E-state index contributed by atoms with van der Waals surface area (Å²) in [4.78, 5) is 28.6. The number of nitrogens with one attached hydrogen (secondary N) is 1. The van der Waals surface area contributed by atoms with Crippen LogP contribution in [0.3, 0.4) is 0 Å². The van der Waals surface area contributed by atoms with Gasteiger partial charge in [-0.15, -0.1) is 0 Å². The summed E-state index contributed by atoms with van der Waals surface area (Å²) in [7, 11) is -4.12. The fraction of sp³-hybridized carbons (Fsp3) is 0.310. The molecule has 0 aliphatic rings. The van der Waals surface area contributed by atoms with E-state index >= 15 is 0 Å². The highest BCUT2D eigenvalue weighted by atomic mass is 35.5. The third-order valence-corrected chi connectivity index (χ3v) is 8.75. The second-order valence-electron chi connectivity index (χ2n) is 9.10. The molecule has 208 valence electrons. The van der Waals surface area contributed by atoms with Gasteiger partial charge in [-0.05, 0) is 56.2 Å². The van der Waals surface area contributed by atoms with E-state index in [1.54, 1.807) is 67.6 Å². The Morgan fingerprint density at radius 3 is 2.08 bits per heavy atom. The maximum absolute atomic E-state index is 14.0. The Kier molecular flexibility index (Phi) is 10.8. The molecular formula is C29H33Cl2N3O4S. The van der Waals surface area contributed by atoms with Crippen LogP contribution in [-0.2, 0) is 26.2 Å². The van der Waals surface area contributed by atoms with Crippen molar-refractivity contribution in [2.45, 2.75) is 51.1 Å². The van der Waals surface area contributed by atoms with E-state index in [-0.39, 0.29) is 17.3 Å². The Hall–Kier alpha value is -3.07. The van der Waals surface area contributed by atoms with Gasteiger partial charge < -0.3 is 10.2 Å². The summed E-state index contributed by atoms with van der Waals surface area (Å²) in [6.07, 6.45) is 1.03. The minimum atomic E-state index is -4.12. The summed E-state index contributed by atoms with van der Waals surface area (Å²) in [6, 6.07) is 19.0. The van der Waals surface area contributed by atoms with Crippen LogP contribution >= 0.6 is 23.2 Å². The van der Waals surface area contributed by atoms with Crippen molar-refractivity contribution in [3.63, 3.8) is 0 Å². The number of hydrogen-bond acceptors (Lipinski definition) is 4. The molecule has 3 aromatic rings. The Labute approximate surface area is 240 Å². The van der Waals surface area contributed by atoms with Gasteiger partial charge in [-0.2, -0.15) is 0 Å². The van der Waals surface area contributed by atoms with Crippen LogP contribution in [0.4, 0.5) is 5.69 Å². The van der Waals surface area contributed by atoms with Crippen LogP contribution < -0.4 is 9.62 Å². The molecule has 1 N–H and O–H groups in total. The minimum Gasteiger partial charge on any atom is -0.354 e. The predicted molar refractivity (Wildman–Crippen MR) is 157 cm³/mol. The molecule has 3 aromatic carbocycles. The number of aryl methyl sites for hydroxylation is 1. The van der Waals surface area contributed by atoms with Gasteiger partial charge in [0.25, 0.3) is 10.0 Å². The number of sulfonamides is 1. The average molecular weight is 591 g/mol. The molecule has 0 bridgehead atoms. The molecule has 0 fully saturated rings. The Morgan fingerprint density at radius 2 is 1.51 bits per heavy atom. The summed E-state index contributed by atoms with van der Waals surface area (Å²) < 4.78 is 28.7. The second-order valence-corrected chi connectivity index (χ2v) is 11.8. The van der Waals surface area contributed by atoms with Crippen molar-refractivity contribution >= 4 is 50.7 Å². The topological polar surface area (TPSA) is 86.8 Å². The molecule has 0 aliphatic heterocycles. The zero-order valence-electron chi connectivity index (χ0n) is 22.2. The summed E-state index contributed by atoms with van der Waals surface area (Å²) >= 11 is 12.9. The van der Waals surface area contributed by atoms with E-state index in [0.717, 1.165) is 16.3 Å². The zero-order valence-corrected chi connectivity index (χ0v) is 24.6. The van der Waals surface area contributed by atoms with Crippen LogP contribution in [0.5, 0.6) is 0 Å². The van der Waals surface area contributed by atoms with E-state index in [4.69, 9.17) is 23.2 Å². The van der Waals surface area contributed by atoms with Crippen molar-refractivity contribution in [1.82, 2.24) is 10.2 Å². The standard InChI is InChI=1S/C29H33Cl2N3O4S/c1-4-18-32-29(36)27(5-2)33(19-24-25(30)12-9-13-26(24)31)28(35)20-34(22-10-7-6-8-11-22)39(37,38)23-16-14-21(3)15-17-23/h6-17,27H,4-5,18-20H2,1-3H3,(H,32,36)/t27-/m0/s1. The molecule has 0 radical (unpaired) electrons. The van der Waals surface area contributed by atoms with Crippen molar-refractivity contribution in [1.29, 1.82) is 0 Å². The highest BCUT2D eigenvalue weighted by molar-refractivity contribution is 7.92. The van der Waals surface area contributed by atoms with Gasteiger partial charge in [0.1, 0.15) is 12.6 Å². The number of carbonyl (C=O) groups is 2. The lowest BCUT2D eigenvalue weighted by molar-refractivity contribution is -0.140. The summed E-state index contributed by atoms with van der Waals surface area (Å²) in [5, 5.41) is 3.54. The van der Waals surface area contributed by atoms with Gasteiger partial charge >= 0.3 is 0 Å². The highest BCUT2D eigenvalue weighted by Gasteiger charge is 2.34. The monoisotopic (exact) mass is 589 g/mol. The van der Waals surface area contributed by atoms with Gasteiger partial charge in [0.15, 0.2) is 0 Å². The quantitative estimate of drug-likeness (QED) is 0.288. The van der Waals surface area contributed by atoms with Crippen LogP contribution in [0.2, 0.25) is 10.0 Å². The molecule has 1 atom stereocenters. The van der Waals surface area contributed by atoms with Crippen LogP contribution in [0.15, 0.2) is 77.7 Å². The molecular weight excluding hydrogens is 557 g/mol. The van der Waals surface area contributed by atoms with E-state index in [1.165, 1.54) is 17.0 Å². The molecule has 3 rings (SSSR count). The van der Waals surface area contributed by atoms with E-state index in [2.05, 4.69) is 5.32 Å². The molecule has 0 spiro atoms. The van der Waals surface area contributed by atoms with Crippen molar-refractivity contribution < 1.29 is 18.0 Å². The lowest BCUT2D eigenvalue weighted by Gasteiger charge is -2.33. The van der Waals surface area contributed by atoms with Crippen molar-refractivity contribution in [3.05, 3.63) is 94.0 Å². The number of carbonyl (C=O) groups excluding carboxylic acids is 2. The molecule has 0 aromatic heterocycles. The number of amides is 2. The molecule has 7 nitrogen and oxygen atoms in total. The van der Waals surface area contributed by atoms with Gasteiger partial charge in [-0.3, -0.25) is 13.9 Å².